The van der Waals surface area contributed by atoms with Gasteiger partial charge in [0.1, 0.15) is 0 Å². The lowest BCUT2D eigenvalue weighted by molar-refractivity contribution is -0.116. The lowest BCUT2D eigenvalue weighted by atomic mass is 10.1. The summed E-state index contributed by atoms with van der Waals surface area (Å²) in [6, 6.07) is 7.80. The molecule has 0 saturated carbocycles. The van der Waals surface area contributed by atoms with Crippen molar-refractivity contribution in [2.75, 3.05) is 33.3 Å². The van der Waals surface area contributed by atoms with Gasteiger partial charge < -0.3 is 30.0 Å². The third-order valence-corrected chi connectivity index (χ3v) is 4.44. The summed E-state index contributed by atoms with van der Waals surface area (Å²) in [5.41, 5.74) is 6.27. The minimum atomic E-state index is -0.708. The zero-order chi connectivity index (χ0) is 23.0. The van der Waals surface area contributed by atoms with Crippen molar-refractivity contribution in [1.29, 1.82) is 0 Å². The van der Waals surface area contributed by atoms with Crippen LogP contribution in [0.5, 0.6) is 23.0 Å². The summed E-state index contributed by atoms with van der Waals surface area (Å²) in [6.07, 6.45) is 0.545. The summed E-state index contributed by atoms with van der Waals surface area (Å²) >= 11 is 0. The van der Waals surface area contributed by atoms with E-state index >= 15 is 0 Å². The van der Waals surface area contributed by atoms with Crippen molar-refractivity contribution in [1.82, 2.24) is 0 Å². The Morgan fingerprint density at radius 1 is 0.903 bits per heavy atom. The molecule has 0 bridgehead atoms. The standard InChI is InChI=1S/C22H26N2O7/c1-13(25)14-7-8-17(18(10-14)28-2)31-9-5-6-21(26)24-16-12-20(30-4)19(29-3)11-15(16)22(23)27/h7-8,10-12H,5-6,9H2,1-4H3,(H2,23,27)(H,24,26). The van der Waals surface area contributed by atoms with E-state index in [9.17, 15) is 14.4 Å². The van der Waals surface area contributed by atoms with E-state index in [0.29, 0.717) is 35.0 Å². The van der Waals surface area contributed by atoms with Crippen LogP contribution in [0.4, 0.5) is 5.69 Å². The van der Waals surface area contributed by atoms with Crippen LogP contribution in [0.2, 0.25) is 0 Å². The molecular weight excluding hydrogens is 404 g/mol. The number of ketones is 1. The highest BCUT2D eigenvalue weighted by Gasteiger charge is 2.17. The number of nitrogens with two attached hydrogens (primary N) is 1. The molecule has 0 saturated heterocycles. The molecule has 3 N–H and O–H groups in total. The van der Waals surface area contributed by atoms with Gasteiger partial charge in [0.25, 0.3) is 5.91 Å². The fourth-order valence-electron chi connectivity index (χ4n) is 2.82. The molecule has 0 unspecified atom stereocenters. The van der Waals surface area contributed by atoms with Crippen molar-refractivity contribution in [3.05, 3.63) is 41.5 Å². The first-order chi connectivity index (χ1) is 14.8. The molecule has 0 radical (unpaired) electrons. The number of hydrogen-bond acceptors (Lipinski definition) is 7. The van der Waals surface area contributed by atoms with E-state index in [1.54, 1.807) is 18.2 Å². The third kappa shape index (κ3) is 6.11. The zero-order valence-corrected chi connectivity index (χ0v) is 17.9. The van der Waals surface area contributed by atoms with Crippen LogP contribution >= 0.6 is 0 Å². The van der Waals surface area contributed by atoms with E-state index in [-0.39, 0.29) is 36.0 Å². The Hall–Kier alpha value is -3.75. The van der Waals surface area contributed by atoms with Gasteiger partial charge >= 0.3 is 0 Å². The third-order valence-electron chi connectivity index (χ3n) is 4.44. The molecule has 0 fully saturated rings. The van der Waals surface area contributed by atoms with Crippen molar-refractivity contribution < 1.29 is 33.3 Å². The second-order valence-electron chi connectivity index (χ2n) is 6.54. The molecule has 9 heteroatoms. The average molecular weight is 430 g/mol. The van der Waals surface area contributed by atoms with E-state index in [1.165, 1.54) is 40.4 Å². The maximum absolute atomic E-state index is 12.3. The van der Waals surface area contributed by atoms with Gasteiger partial charge in [0, 0.05) is 18.1 Å². The van der Waals surface area contributed by atoms with Crippen LogP contribution in [0.25, 0.3) is 0 Å². The number of rotatable bonds is 11. The monoisotopic (exact) mass is 430 g/mol. The number of Topliss-reactive ketones (excluding diaryl/α,β-unsaturated/α-hetero) is 1. The molecule has 166 valence electrons. The maximum Gasteiger partial charge on any atom is 0.250 e. The highest BCUT2D eigenvalue weighted by Crippen LogP contribution is 2.33. The quantitative estimate of drug-likeness (QED) is 0.415. The van der Waals surface area contributed by atoms with E-state index in [4.69, 9.17) is 24.7 Å². The fraction of sp³-hybridized carbons (Fsp3) is 0.318. The highest BCUT2D eigenvalue weighted by atomic mass is 16.5. The second-order valence-corrected chi connectivity index (χ2v) is 6.54. The van der Waals surface area contributed by atoms with Gasteiger partial charge in [0.15, 0.2) is 28.8 Å². The molecule has 0 atom stereocenters. The molecule has 0 aliphatic carbocycles. The Labute approximate surface area is 180 Å². The summed E-state index contributed by atoms with van der Waals surface area (Å²) in [4.78, 5) is 35.5. The van der Waals surface area contributed by atoms with Crippen molar-refractivity contribution >= 4 is 23.3 Å². The van der Waals surface area contributed by atoms with Gasteiger partial charge in [-0.2, -0.15) is 0 Å². The number of carbonyl (C=O) groups is 3. The van der Waals surface area contributed by atoms with Crippen LogP contribution in [0.15, 0.2) is 30.3 Å². The van der Waals surface area contributed by atoms with E-state index in [0.717, 1.165) is 0 Å². The summed E-state index contributed by atoms with van der Waals surface area (Å²) in [5.74, 6) is 0.488. The number of ether oxygens (including phenoxy) is 4. The zero-order valence-electron chi connectivity index (χ0n) is 17.9. The molecule has 2 rings (SSSR count). The van der Waals surface area contributed by atoms with E-state index in [2.05, 4.69) is 5.32 Å². The number of nitrogens with one attached hydrogen (secondary N) is 1. The summed E-state index contributed by atoms with van der Waals surface area (Å²) in [6.45, 7) is 1.72. The number of primary amides is 1. The first-order valence-corrected chi connectivity index (χ1v) is 9.48. The van der Waals surface area contributed by atoms with Crippen LogP contribution in [0, 0.1) is 0 Å². The molecule has 31 heavy (non-hydrogen) atoms. The van der Waals surface area contributed by atoms with Gasteiger partial charge in [-0.1, -0.05) is 0 Å². The lowest BCUT2D eigenvalue weighted by Crippen LogP contribution is -2.19. The van der Waals surface area contributed by atoms with Crippen molar-refractivity contribution in [3.8, 4) is 23.0 Å². The first-order valence-electron chi connectivity index (χ1n) is 9.48. The van der Waals surface area contributed by atoms with Gasteiger partial charge in [-0.05, 0) is 37.6 Å². The maximum atomic E-state index is 12.3. The number of methoxy groups -OCH3 is 3. The number of carbonyl (C=O) groups excluding carboxylic acids is 3. The summed E-state index contributed by atoms with van der Waals surface area (Å²) in [7, 11) is 4.37. The van der Waals surface area contributed by atoms with E-state index < -0.39 is 5.91 Å². The average Bonchev–Trinajstić information content (AvgIpc) is 2.75. The molecule has 0 spiro atoms. The minimum Gasteiger partial charge on any atom is -0.493 e. The van der Waals surface area contributed by atoms with Gasteiger partial charge in [-0.15, -0.1) is 0 Å². The Kier molecular flexibility index (Phi) is 8.25. The van der Waals surface area contributed by atoms with Gasteiger partial charge in [0.05, 0.1) is 39.2 Å². The van der Waals surface area contributed by atoms with Crippen LogP contribution in [-0.4, -0.2) is 45.5 Å². The van der Waals surface area contributed by atoms with Crippen molar-refractivity contribution in [3.63, 3.8) is 0 Å². The molecule has 2 aromatic carbocycles. The molecule has 0 heterocycles. The smallest absolute Gasteiger partial charge is 0.250 e. The Bertz CT molecular complexity index is 973. The summed E-state index contributed by atoms with van der Waals surface area (Å²) < 4.78 is 21.3. The Balaban J connectivity index is 1.97. The largest absolute Gasteiger partial charge is 0.493 e. The fourth-order valence-corrected chi connectivity index (χ4v) is 2.82. The number of hydrogen-bond donors (Lipinski definition) is 2. The predicted molar refractivity (Wildman–Crippen MR) is 114 cm³/mol. The Morgan fingerprint density at radius 3 is 2.10 bits per heavy atom. The predicted octanol–water partition coefficient (Wildman–Crippen LogP) is 2.81. The van der Waals surface area contributed by atoms with Crippen LogP contribution < -0.4 is 30.0 Å². The van der Waals surface area contributed by atoms with Crippen LogP contribution in [0.1, 0.15) is 40.5 Å². The van der Waals surface area contributed by atoms with Crippen LogP contribution in [0.3, 0.4) is 0 Å². The van der Waals surface area contributed by atoms with Gasteiger partial charge in [-0.25, -0.2) is 0 Å². The van der Waals surface area contributed by atoms with Crippen molar-refractivity contribution in [2.24, 2.45) is 5.73 Å². The van der Waals surface area contributed by atoms with Crippen molar-refractivity contribution in [2.45, 2.75) is 19.8 Å². The molecule has 0 aliphatic rings. The molecule has 0 aliphatic heterocycles. The number of amides is 2. The van der Waals surface area contributed by atoms with Crippen LogP contribution in [-0.2, 0) is 4.79 Å². The molecule has 0 aromatic heterocycles. The SMILES string of the molecule is COc1cc(NC(=O)CCCOc2ccc(C(C)=O)cc2OC)c(C(N)=O)cc1OC. The molecule has 9 nitrogen and oxygen atoms in total. The second kappa shape index (κ2) is 10.9. The highest BCUT2D eigenvalue weighted by molar-refractivity contribution is 6.03. The topological polar surface area (TPSA) is 126 Å². The van der Waals surface area contributed by atoms with Gasteiger partial charge in [-0.3, -0.25) is 14.4 Å². The van der Waals surface area contributed by atoms with E-state index in [1.807, 2.05) is 0 Å². The molecule has 2 aromatic rings. The number of anilines is 1. The molecular formula is C22H26N2O7. The normalized spacial score (nSPS) is 10.2. The lowest BCUT2D eigenvalue weighted by Gasteiger charge is -2.14. The number of benzene rings is 2. The Morgan fingerprint density at radius 2 is 1.52 bits per heavy atom. The summed E-state index contributed by atoms with van der Waals surface area (Å²) in [5, 5.41) is 2.67. The molecule has 2 amide bonds. The first kappa shape index (κ1) is 23.5. The van der Waals surface area contributed by atoms with Gasteiger partial charge in [0.2, 0.25) is 5.91 Å². The minimum absolute atomic E-state index is 0.0768.